The molecule has 0 aliphatic heterocycles. The van der Waals surface area contributed by atoms with Gasteiger partial charge >= 0.3 is 0 Å². The Kier molecular flexibility index (Phi) is 6.20. The largest absolute Gasteiger partial charge is 0.289 e. The maximum Gasteiger partial charge on any atom is 0.258 e. The molecule has 0 saturated carbocycles. The lowest BCUT2D eigenvalue weighted by Crippen LogP contribution is -2.39. The number of carbonyl (C=O) groups is 1. The fraction of sp³-hybridized carbons (Fsp3) is 0.133. The van der Waals surface area contributed by atoms with Gasteiger partial charge in [0.15, 0.2) is 0 Å². The molecule has 0 aliphatic rings. The number of nitrogens with zero attached hydrogens (tertiary/aromatic N) is 1. The minimum Gasteiger partial charge on any atom is -0.289 e. The van der Waals surface area contributed by atoms with Crippen LogP contribution >= 0.6 is 23.2 Å². The number of rotatable bonds is 6. The van der Waals surface area contributed by atoms with Crippen molar-refractivity contribution in [2.75, 3.05) is 6.54 Å². The summed E-state index contributed by atoms with van der Waals surface area (Å²) in [7, 11) is -4.11. The Morgan fingerprint density at radius 1 is 1.12 bits per heavy atom. The van der Waals surface area contributed by atoms with Crippen LogP contribution in [0.5, 0.6) is 0 Å². The second kappa shape index (κ2) is 7.96. The molecule has 0 fully saturated rings. The number of amides is 1. The molecule has 2 aromatic carbocycles. The Bertz CT molecular complexity index is 829. The predicted molar refractivity (Wildman–Crippen MR) is 90.4 cm³/mol. The van der Waals surface area contributed by atoms with E-state index in [1.807, 2.05) is 0 Å². The lowest BCUT2D eigenvalue weighted by Gasteiger charge is -2.22. The molecule has 2 aromatic rings. The fourth-order valence-electron chi connectivity index (χ4n) is 2.02. The van der Waals surface area contributed by atoms with E-state index in [-0.39, 0.29) is 21.5 Å². The summed E-state index contributed by atoms with van der Waals surface area (Å²) < 4.78 is 26.7. The summed E-state index contributed by atoms with van der Waals surface area (Å²) in [5, 5.41) is 8.90. The number of carbonyl (C=O) groups excluding carboxylic acids is 1. The Morgan fingerprint density at radius 2 is 1.79 bits per heavy atom. The highest BCUT2D eigenvalue weighted by atomic mass is 35.5. The highest BCUT2D eigenvalue weighted by molar-refractivity contribution is 7.89. The third kappa shape index (κ3) is 4.46. The number of benzene rings is 2. The SMILES string of the molecule is O=C(CN(Cc1ccccc1)S(=O)(=O)c1cc(Cl)ccc1Cl)NO. The monoisotopic (exact) mass is 388 g/mol. The first kappa shape index (κ1) is 18.7. The van der Waals surface area contributed by atoms with E-state index >= 15 is 0 Å². The van der Waals surface area contributed by atoms with Crippen LogP contribution in [0.2, 0.25) is 10.0 Å². The molecule has 0 unspecified atom stereocenters. The Morgan fingerprint density at radius 3 is 2.42 bits per heavy atom. The van der Waals surface area contributed by atoms with Gasteiger partial charge in [-0.15, -0.1) is 0 Å². The Balaban J connectivity index is 2.44. The van der Waals surface area contributed by atoms with E-state index in [1.54, 1.807) is 30.3 Å². The minimum absolute atomic E-state index is 0.0122. The molecular formula is C15H14Cl2N2O4S. The fourth-order valence-corrected chi connectivity index (χ4v) is 4.14. The van der Waals surface area contributed by atoms with Crippen molar-refractivity contribution in [3.05, 3.63) is 64.1 Å². The van der Waals surface area contributed by atoms with Crippen LogP contribution in [0.15, 0.2) is 53.4 Å². The molecule has 0 aliphatic carbocycles. The van der Waals surface area contributed by atoms with Gasteiger partial charge in [-0.3, -0.25) is 10.0 Å². The summed E-state index contributed by atoms with van der Waals surface area (Å²) in [4.78, 5) is 11.3. The average molecular weight is 389 g/mol. The van der Waals surface area contributed by atoms with Crippen LogP contribution < -0.4 is 5.48 Å². The number of hydrogen-bond donors (Lipinski definition) is 2. The quantitative estimate of drug-likeness (QED) is 0.588. The molecule has 6 nitrogen and oxygen atoms in total. The molecule has 0 atom stereocenters. The number of nitrogens with one attached hydrogen (secondary N) is 1. The molecule has 1 amide bonds. The zero-order valence-electron chi connectivity index (χ0n) is 12.3. The van der Waals surface area contributed by atoms with Crippen LogP contribution in [0.25, 0.3) is 0 Å². The minimum atomic E-state index is -4.11. The van der Waals surface area contributed by atoms with Crippen LogP contribution in [0.3, 0.4) is 0 Å². The van der Waals surface area contributed by atoms with Gasteiger partial charge in [0.1, 0.15) is 4.90 Å². The first-order valence-corrected chi connectivity index (χ1v) is 8.96. The van der Waals surface area contributed by atoms with E-state index in [1.165, 1.54) is 23.7 Å². The molecule has 0 aromatic heterocycles. The summed E-state index contributed by atoms with van der Waals surface area (Å²) >= 11 is 11.8. The van der Waals surface area contributed by atoms with Crippen LogP contribution in [0.1, 0.15) is 5.56 Å². The van der Waals surface area contributed by atoms with Crippen molar-refractivity contribution < 1.29 is 18.4 Å². The molecule has 0 heterocycles. The van der Waals surface area contributed by atoms with Crippen molar-refractivity contribution in [3.63, 3.8) is 0 Å². The standard InChI is InChI=1S/C15H14Cl2N2O4S/c16-12-6-7-13(17)14(8-12)24(22,23)19(10-15(20)18-21)9-11-4-2-1-3-5-11/h1-8,21H,9-10H2,(H,18,20). The van der Waals surface area contributed by atoms with Crippen molar-refractivity contribution in [2.24, 2.45) is 0 Å². The summed E-state index contributed by atoms with van der Waals surface area (Å²) in [5.74, 6) is -0.868. The second-order valence-corrected chi connectivity index (χ2v) is 7.62. The summed E-state index contributed by atoms with van der Waals surface area (Å²) in [6, 6.07) is 12.8. The molecule has 128 valence electrons. The van der Waals surface area contributed by atoms with Crippen LogP contribution in [0.4, 0.5) is 0 Å². The lowest BCUT2D eigenvalue weighted by molar-refractivity contribution is -0.129. The molecule has 0 saturated heterocycles. The van der Waals surface area contributed by atoms with Crippen LogP contribution in [-0.2, 0) is 21.4 Å². The third-order valence-electron chi connectivity index (χ3n) is 3.16. The van der Waals surface area contributed by atoms with Crippen molar-refractivity contribution >= 4 is 39.1 Å². The predicted octanol–water partition coefficient (Wildman–Crippen LogP) is 2.69. The summed E-state index contributed by atoms with van der Waals surface area (Å²) in [5.41, 5.74) is 2.10. The van der Waals surface area contributed by atoms with Crippen molar-refractivity contribution in [1.82, 2.24) is 9.79 Å². The van der Waals surface area contributed by atoms with E-state index in [9.17, 15) is 13.2 Å². The van der Waals surface area contributed by atoms with Crippen molar-refractivity contribution in [2.45, 2.75) is 11.4 Å². The van der Waals surface area contributed by atoms with Gasteiger partial charge in [0.2, 0.25) is 10.0 Å². The number of hydroxylamine groups is 1. The summed E-state index contributed by atoms with van der Waals surface area (Å²) in [6.07, 6.45) is 0. The van der Waals surface area contributed by atoms with Crippen molar-refractivity contribution in [1.29, 1.82) is 0 Å². The molecule has 0 spiro atoms. The zero-order valence-corrected chi connectivity index (χ0v) is 14.6. The zero-order chi connectivity index (χ0) is 17.7. The molecule has 0 bridgehead atoms. The smallest absolute Gasteiger partial charge is 0.258 e. The molecular weight excluding hydrogens is 375 g/mol. The van der Waals surface area contributed by atoms with E-state index in [0.717, 1.165) is 4.31 Å². The lowest BCUT2D eigenvalue weighted by atomic mass is 10.2. The van der Waals surface area contributed by atoms with Crippen molar-refractivity contribution in [3.8, 4) is 0 Å². The highest BCUT2D eigenvalue weighted by Gasteiger charge is 2.29. The summed E-state index contributed by atoms with van der Waals surface area (Å²) in [6.45, 7) is -0.643. The normalized spacial score (nSPS) is 11.5. The van der Waals surface area contributed by atoms with Crippen LogP contribution in [0, 0.1) is 0 Å². The van der Waals surface area contributed by atoms with Gasteiger partial charge in [0, 0.05) is 11.6 Å². The van der Waals surface area contributed by atoms with Gasteiger partial charge in [-0.1, -0.05) is 53.5 Å². The Labute approximate surface area is 149 Å². The third-order valence-corrected chi connectivity index (χ3v) is 5.67. The Hall–Kier alpha value is -1.64. The topological polar surface area (TPSA) is 86.7 Å². The molecule has 0 radical (unpaired) electrons. The first-order valence-electron chi connectivity index (χ1n) is 6.76. The maximum absolute atomic E-state index is 12.9. The van der Waals surface area contributed by atoms with E-state index < -0.39 is 22.5 Å². The molecule has 2 N–H and O–H groups in total. The number of halogens is 2. The van der Waals surface area contributed by atoms with Gasteiger partial charge in [0.05, 0.1) is 11.6 Å². The van der Waals surface area contributed by atoms with Gasteiger partial charge in [-0.2, -0.15) is 4.31 Å². The van der Waals surface area contributed by atoms with E-state index in [4.69, 9.17) is 28.4 Å². The van der Waals surface area contributed by atoms with E-state index in [2.05, 4.69) is 0 Å². The number of hydrogen-bond acceptors (Lipinski definition) is 4. The first-order chi connectivity index (χ1) is 11.3. The molecule has 24 heavy (non-hydrogen) atoms. The van der Waals surface area contributed by atoms with Gasteiger partial charge in [-0.25, -0.2) is 13.9 Å². The van der Waals surface area contributed by atoms with Crippen LogP contribution in [-0.4, -0.2) is 30.4 Å². The van der Waals surface area contributed by atoms with Gasteiger partial charge in [-0.05, 0) is 23.8 Å². The van der Waals surface area contributed by atoms with Gasteiger partial charge < -0.3 is 0 Å². The molecule has 2 rings (SSSR count). The average Bonchev–Trinajstić information content (AvgIpc) is 2.57. The highest BCUT2D eigenvalue weighted by Crippen LogP contribution is 2.28. The number of sulfonamides is 1. The molecule has 9 heteroatoms. The maximum atomic E-state index is 12.9. The van der Waals surface area contributed by atoms with Gasteiger partial charge in [0.25, 0.3) is 5.91 Å². The second-order valence-electron chi connectivity index (χ2n) is 4.87. The van der Waals surface area contributed by atoms with E-state index in [0.29, 0.717) is 5.56 Å².